The predicted octanol–water partition coefficient (Wildman–Crippen LogP) is -0.900. The average Bonchev–Trinajstić information content (AvgIpc) is 3.54. The molecule has 4 aliphatic heterocycles. The summed E-state index contributed by atoms with van der Waals surface area (Å²) in [4.78, 5) is 30.6. The second-order valence-electron chi connectivity index (χ2n) is 12.8. The van der Waals surface area contributed by atoms with Gasteiger partial charge in [-0.05, 0) is 42.3 Å². The highest BCUT2D eigenvalue weighted by molar-refractivity contribution is 7.90. The molecule has 0 unspecified atom stereocenters. The van der Waals surface area contributed by atoms with Crippen LogP contribution in [0.3, 0.4) is 0 Å². The highest BCUT2D eigenvalue weighted by atomic mass is 32.2. The summed E-state index contributed by atoms with van der Waals surface area (Å²) in [6, 6.07) is 9.75. The van der Waals surface area contributed by atoms with Crippen molar-refractivity contribution in [3.63, 3.8) is 0 Å². The van der Waals surface area contributed by atoms with Gasteiger partial charge in [-0.2, -0.15) is 4.31 Å². The van der Waals surface area contributed by atoms with Gasteiger partial charge in [0.05, 0.1) is 41.1 Å². The number of hydrogen-bond acceptors (Lipinski definition) is 11. The zero-order valence-electron chi connectivity index (χ0n) is 26.2. The molecule has 4 aliphatic rings. The summed E-state index contributed by atoms with van der Waals surface area (Å²) in [6.07, 6.45) is -5.08. The van der Waals surface area contributed by atoms with Gasteiger partial charge in [-0.15, -0.1) is 0 Å². The Balaban J connectivity index is 1.30. The first-order valence-electron chi connectivity index (χ1n) is 15.7. The van der Waals surface area contributed by atoms with Crippen LogP contribution in [-0.2, 0) is 45.5 Å². The Kier molecular flexibility index (Phi) is 9.94. The molecule has 3 N–H and O–H groups in total. The molecule has 4 saturated heterocycles. The Morgan fingerprint density at radius 1 is 0.938 bits per heavy atom. The van der Waals surface area contributed by atoms with E-state index >= 15 is 0 Å². The molecule has 6 rings (SSSR count). The number of carbonyl (C=O) groups is 2. The molecule has 14 nitrogen and oxygen atoms in total. The molecule has 4 heterocycles. The minimum atomic E-state index is -4.38. The summed E-state index contributed by atoms with van der Waals surface area (Å²) in [5.74, 6) is -1.47. The van der Waals surface area contributed by atoms with Crippen molar-refractivity contribution in [1.82, 2.24) is 19.4 Å². The first kappa shape index (κ1) is 34.8. The third kappa shape index (κ3) is 7.42. The summed E-state index contributed by atoms with van der Waals surface area (Å²) in [6.45, 7) is 0.307. The Bertz CT molecular complexity index is 1750. The van der Waals surface area contributed by atoms with Crippen LogP contribution in [0.5, 0.6) is 0 Å². The van der Waals surface area contributed by atoms with Crippen molar-refractivity contribution < 1.29 is 50.5 Å². The second-order valence-corrected chi connectivity index (χ2v) is 16.8. The third-order valence-corrected chi connectivity index (χ3v) is 12.3. The number of benzene rings is 2. The average molecular weight is 711 g/mol. The maximum Gasteiger partial charge on any atom is 0.243 e. The van der Waals surface area contributed by atoms with Gasteiger partial charge in [-0.1, -0.05) is 18.2 Å². The maximum absolute atomic E-state index is 14.1. The van der Waals surface area contributed by atoms with Crippen molar-refractivity contribution >= 4 is 31.7 Å². The SMILES string of the molecule is CS(=O)(=O)c1ccc(CN2C[C@@H]3C[C@H]2C(=O)N2CCO[C@@H](C2)CN(S(=O)(=O)c2cccc(F)c2)C[C@H]2O[C@@H](CC(=O)N3)[C@H](O)[C@@H]2O)cc1. The summed E-state index contributed by atoms with van der Waals surface area (Å²) >= 11 is 0. The number of halogens is 1. The molecule has 4 fully saturated rings. The van der Waals surface area contributed by atoms with Gasteiger partial charge in [-0.3, -0.25) is 14.5 Å². The van der Waals surface area contributed by atoms with Gasteiger partial charge >= 0.3 is 0 Å². The van der Waals surface area contributed by atoms with Crippen LogP contribution < -0.4 is 5.32 Å². The number of sulfone groups is 1. The van der Waals surface area contributed by atoms with Crippen molar-refractivity contribution in [2.24, 2.45) is 0 Å². The smallest absolute Gasteiger partial charge is 0.243 e. The number of hydrogen-bond donors (Lipinski definition) is 3. The molecule has 2 aromatic rings. The number of likely N-dealkylation sites (tertiary alicyclic amines) is 1. The van der Waals surface area contributed by atoms with Gasteiger partial charge < -0.3 is 29.9 Å². The predicted molar refractivity (Wildman–Crippen MR) is 167 cm³/mol. The lowest BCUT2D eigenvalue weighted by Crippen LogP contribution is -2.55. The van der Waals surface area contributed by atoms with E-state index in [0.29, 0.717) is 13.1 Å². The van der Waals surface area contributed by atoms with E-state index in [1.807, 2.05) is 4.90 Å². The molecular formula is C31H39FN4O10S2. The standard InChI is InChI=1S/C31H39FN4O10S2/c1-47(41,42)23-7-5-19(6-8-23)14-35-15-21-12-25(35)31(40)34-9-10-45-22(16-34)17-36(48(43,44)24-4-2-3-20(32)11-24)18-27-30(39)29(38)26(46-27)13-28(37)33-21/h2-8,11,21-22,25-27,29-30,38-39H,9-10,12-18H2,1H3,(H,33,37)/t21-,22-,25-,26-,27+,29-,30+/m0/s1. The Hall–Kier alpha value is -3.03. The number of nitrogens with zero attached hydrogens (tertiary/aromatic N) is 3. The minimum Gasteiger partial charge on any atom is -0.388 e. The van der Waals surface area contributed by atoms with Crippen LogP contribution in [0.25, 0.3) is 0 Å². The van der Waals surface area contributed by atoms with Crippen LogP contribution in [0, 0.1) is 5.82 Å². The minimum absolute atomic E-state index is 0.0394. The van der Waals surface area contributed by atoms with E-state index in [0.717, 1.165) is 28.3 Å². The summed E-state index contributed by atoms with van der Waals surface area (Å²) in [5.41, 5.74) is 0.763. The molecule has 0 aliphatic carbocycles. The Labute approximate surface area is 278 Å². The molecule has 17 heteroatoms. The number of aliphatic hydroxyl groups is 2. The van der Waals surface area contributed by atoms with Crippen LogP contribution in [0.15, 0.2) is 58.3 Å². The number of fused-ring (bicyclic) bond motifs is 6. The van der Waals surface area contributed by atoms with E-state index in [1.165, 1.54) is 24.3 Å². The van der Waals surface area contributed by atoms with Crippen molar-refractivity contribution in [2.45, 2.75) is 71.8 Å². The molecule has 2 aromatic carbocycles. The number of amides is 2. The first-order chi connectivity index (χ1) is 22.7. The number of rotatable bonds is 5. The van der Waals surface area contributed by atoms with Gasteiger partial charge in [0.15, 0.2) is 9.84 Å². The third-order valence-electron chi connectivity index (χ3n) is 9.31. The Morgan fingerprint density at radius 2 is 1.67 bits per heavy atom. The molecule has 2 amide bonds. The quantitative estimate of drug-likeness (QED) is 0.350. The second kappa shape index (κ2) is 13.7. The molecule has 0 radical (unpaired) electrons. The molecule has 48 heavy (non-hydrogen) atoms. The molecule has 0 spiro atoms. The zero-order chi connectivity index (χ0) is 34.4. The number of nitrogens with one attached hydrogen (secondary N) is 1. The van der Waals surface area contributed by atoms with E-state index in [1.54, 1.807) is 17.0 Å². The zero-order valence-corrected chi connectivity index (χ0v) is 27.9. The van der Waals surface area contributed by atoms with E-state index in [2.05, 4.69) is 5.32 Å². The summed E-state index contributed by atoms with van der Waals surface area (Å²) < 4.78 is 78.5. The van der Waals surface area contributed by atoms with Gasteiger partial charge in [0, 0.05) is 51.6 Å². The highest BCUT2D eigenvalue weighted by Gasteiger charge is 2.47. The molecule has 0 aromatic heterocycles. The fourth-order valence-corrected chi connectivity index (χ4v) is 8.99. The summed E-state index contributed by atoms with van der Waals surface area (Å²) in [5, 5.41) is 24.6. The Morgan fingerprint density at radius 3 is 2.38 bits per heavy atom. The van der Waals surface area contributed by atoms with Crippen LogP contribution in [0.1, 0.15) is 18.4 Å². The molecule has 6 bridgehead atoms. The monoisotopic (exact) mass is 710 g/mol. The fourth-order valence-electron chi connectivity index (χ4n) is 6.85. The van der Waals surface area contributed by atoms with Gasteiger partial charge in [0.25, 0.3) is 0 Å². The number of morpholine rings is 1. The fraction of sp³-hybridized carbons (Fsp3) is 0.548. The van der Waals surface area contributed by atoms with Crippen LogP contribution in [-0.4, -0.2) is 141 Å². The number of carbonyl (C=O) groups excluding carboxylic acids is 2. The lowest BCUT2D eigenvalue weighted by Gasteiger charge is -2.38. The maximum atomic E-state index is 14.1. The van der Waals surface area contributed by atoms with E-state index in [-0.39, 0.29) is 54.8 Å². The molecular weight excluding hydrogens is 671 g/mol. The van der Waals surface area contributed by atoms with Crippen molar-refractivity contribution in [3.8, 4) is 0 Å². The number of ether oxygens (including phenoxy) is 2. The van der Waals surface area contributed by atoms with E-state index < -0.39 is 80.7 Å². The van der Waals surface area contributed by atoms with Gasteiger partial charge in [-0.25, -0.2) is 21.2 Å². The van der Waals surface area contributed by atoms with E-state index in [4.69, 9.17) is 9.47 Å². The van der Waals surface area contributed by atoms with Crippen molar-refractivity contribution in [2.75, 3.05) is 45.6 Å². The van der Waals surface area contributed by atoms with Crippen molar-refractivity contribution in [3.05, 3.63) is 59.9 Å². The van der Waals surface area contributed by atoms with Crippen LogP contribution >= 0.6 is 0 Å². The van der Waals surface area contributed by atoms with Gasteiger partial charge in [0.1, 0.15) is 24.1 Å². The molecule has 0 saturated carbocycles. The lowest BCUT2D eigenvalue weighted by molar-refractivity contribution is -0.144. The van der Waals surface area contributed by atoms with Crippen LogP contribution in [0.2, 0.25) is 0 Å². The topological polar surface area (TPSA) is 183 Å². The normalized spacial score (nSPS) is 31.2. The first-order valence-corrected chi connectivity index (χ1v) is 19.0. The number of sulfonamides is 1. The molecule has 7 atom stereocenters. The van der Waals surface area contributed by atoms with Crippen molar-refractivity contribution in [1.29, 1.82) is 0 Å². The number of aliphatic hydroxyl groups excluding tert-OH is 2. The van der Waals surface area contributed by atoms with Crippen LogP contribution in [0.4, 0.5) is 4.39 Å². The largest absolute Gasteiger partial charge is 0.388 e. The lowest BCUT2D eigenvalue weighted by atomic mass is 10.0. The summed E-state index contributed by atoms with van der Waals surface area (Å²) in [7, 11) is -7.78. The van der Waals surface area contributed by atoms with Gasteiger partial charge in [0.2, 0.25) is 21.8 Å². The highest BCUT2D eigenvalue weighted by Crippen LogP contribution is 2.29. The van der Waals surface area contributed by atoms with E-state index in [9.17, 15) is 41.0 Å². The molecule has 262 valence electrons.